The Balaban J connectivity index is 1.90. The maximum Gasteiger partial charge on any atom is 0.355 e. The number of carbonyl (C=O) groups excluding carboxylic acids is 2. The lowest BCUT2D eigenvalue weighted by Crippen LogP contribution is -2.40. The largest absolute Gasteiger partial charge is 0.451 e. The SMILES string of the molecule is CC1CCN(C(=O)COC(=O)c2cc([N+](=O)[O-])cn2C)CC1. The molecule has 8 heteroatoms. The van der Waals surface area contributed by atoms with Gasteiger partial charge >= 0.3 is 5.97 Å². The van der Waals surface area contributed by atoms with Crippen LogP contribution in [-0.2, 0) is 16.6 Å². The van der Waals surface area contributed by atoms with Crippen molar-refractivity contribution in [2.75, 3.05) is 19.7 Å². The lowest BCUT2D eigenvalue weighted by atomic mass is 9.99. The molecule has 0 N–H and O–H groups in total. The van der Waals surface area contributed by atoms with Crippen LogP contribution in [0.1, 0.15) is 30.3 Å². The minimum atomic E-state index is -0.741. The second-order valence-electron chi connectivity index (χ2n) is 5.59. The Morgan fingerprint density at radius 1 is 1.41 bits per heavy atom. The van der Waals surface area contributed by atoms with Gasteiger partial charge in [-0.15, -0.1) is 0 Å². The summed E-state index contributed by atoms with van der Waals surface area (Å²) >= 11 is 0. The van der Waals surface area contributed by atoms with Gasteiger partial charge in [-0.25, -0.2) is 4.79 Å². The Bertz CT molecular complexity index is 587. The molecule has 1 amide bonds. The van der Waals surface area contributed by atoms with E-state index in [1.54, 1.807) is 4.90 Å². The third-order valence-corrected chi connectivity index (χ3v) is 3.87. The average Bonchev–Trinajstić information content (AvgIpc) is 2.87. The molecule has 0 unspecified atom stereocenters. The van der Waals surface area contributed by atoms with Gasteiger partial charge < -0.3 is 14.2 Å². The fraction of sp³-hybridized carbons (Fsp3) is 0.571. The van der Waals surface area contributed by atoms with Gasteiger partial charge in [0.05, 0.1) is 11.1 Å². The number of piperidine rings is 1. The van der Waals surface area contributed by atoms with Crippen LogP contribution in [0.4, 0.5) is 5.69 Å². The van der Waals surface area contributed by atoms with Crippen LogP contribution in [0.25, 0.3) is 0 Å². The molecule has 2 heterocycles. The van der Waals surface area contributed by atoms with Crippen molar-refractivity contribution in [3.05, 3.63) is 28.1 Å². The summed E-state index contributed by atoms with van der Waals surface area (Å²) in [5, 5.41) is 10.7. The molecule has 0 bridgehead atoms. The van der Waals surface area contributed by atoms with Crippen LogP contribution >= 0.6 is 0 Å². The van der Waals surface area contributed by atoms with Gasteiger partial charge in [-0.2, -0.15) is 0 Å². The molecule has 1 fully saturated rings. The molecule has 2 rings (SSSR count). The van der Waals surface area contributed by atoms with Crippen molar-refractivity contribution >= 4 is 17.6 Å². The molecule has 1 aliphatic heterocycles. The summed E-state index contributed by atoms with van der Waals surface area (Å²) in [6, 6.07) is 1.13. The van der Waals surface area contributed by atoms with Crippen LogP contribution in [0.2, 0.25) is 0 Å². The summed E-state index contributed by atoms with van der Waals surface area (Å²) < 4.78 is 6.28. The van der Waals surface area contributed by atoms with Crippen molar-refractivity contribution in [1.29, 1.82) is 0 Å². The second-order valence-corrected chi connectivity index (χ2v) is 5.59. The molecule has 1 aromatic rings. The summed E-state index contributed by atoms with van der Waals surface area (Å²) in [7, 11) is 1.51. The number of esters is 1. The van der Waals surface area contributed by atoms with E-state index in [0.29, 0.717) is 19.0 Å². The third kappa shape index (κ3) is 3.63. The number of ether oxygens (including phenoxy) is 1. The number of likely N-dealkylation sites (tertiary alicyclic amines) is 1. The summed E-state index contributed by atoms with van der Waals surface area (Å²) in [5.41, 5.74) is -0.141. The molecule has 120 valence electrons. The van der Waals surface area contributed by atoms with Gasteiger partial charge in [-0.05, 0) is 18.8 Å². The summed E-state index contributed by atoms with van der Waals surface area (Å²) in [5.74, 6) is -0.367. The molecular formula is C14H19N3O5. The number of aromatic nitrogens is 1. The number of hydrogen-bond donors (Lipinski definition) is 0. The van der Waals surface area contributed by atoms with Crippen LogP contribution in [0, 0.1) is 16.0 Å². The van der Waals surface area contributed by atoms with E-state index in [1.165, 1.54) is 17.8 Å². The standard InChI is InChI=1S/C14H19N3O5/c1-10-3-5-16(6-4-10)13(18)9-22-14(19)12-7-11(17(20)21)8-15(12)2/h7-8,10H,3-6,9H2,1-2H3. The number of nitrogens with zero attached hydrogens (tertiary/aromatic N) is 3. The Kier molecular flexibility index (Phi) is 4.79. The average molecular weight is 309 g/mol. The molecule has 1 saturated heterocycles. The second kappa shape index (κ2) is 6.59. The molecule has 1 aromatic heterocycles. The fourth-order valence-electron chi connectivity index (χ4n) is 2.40. The van der Waals surface area contributed by atoms with Gasteiger partial charge in [-0.3, -0.25) is 14.9 Å². The number of aryl methyl sites for hydroxylation is 1. The molecule has 0 saturated carbocycles. The molecular weight excluding hydrogens is 290 g/mol. The lowest BCUT2D eigenvalue weighted by molar-refractivity contribution is -0.384. The van der Waals surface area contributed by atoms with Gasteiger partial charge in [-0.1, -0.05) is 6.92 Å². The predicted octanol–water partition coefficient (Wildman–Crippen LogP) is 1.35. The van der Waals surface area contributed by atoms with Crippen LogP contribution in [0.3, 0.4) is 0 Å². The monoisotopic (exact) mass is 309 g/mol. The van der Waals surface area contributed by atoms with Crippen LogP contribution in [-0.4, -0.2) is 46.0 Å². The third-order valence-electron chi connectivity index (χ3n) is 3.87. The van der Waals surface area contributed by atoms with E-state index in [0.717, 1.165) is 18.9 Å². The first-order valence-corrected chi connectivity index (χ1v) is 7.14. The van der Waals surface area contributed by atoms with Crippen molar-refractivity contribution in [1.82, 2.24) is 9.47 Å². The first-order chi connectivity index (χ1) is 10.4. The Morgan fingerprint density at radius 3 is 2.59 bits per heavy atom. The van der Waals surface area contributed by atoms with Crippen molar-refractivity contribution in [3.63, 3.8) is 0 Å². The summed E-state index contributed by atoms with van der Waals surface area (Å²) in [6.45, 7) is 3.15. The van der Waals surface area contributed by atoms with Gasteiger partial charge in [0, 0.05) is 26.2 Å². The predicted molar refractivity (Wildman–Crippen MR) is 77.3 cm³/mol. The molecule has 0 radical (unpaired) electrons. The van der Waals surface area contributed by atoms with E-state index in [2.05, 4.69) is 6.92 Å². The zero-order valence-corrected chi connectivity index (χ0v) is 12.7. The van der Waals surface area contributed by atoms with Crippen LogP contribution < -0.4 is 0 Å². The minimum absolute atomic E-state index is 0.0479. The number of carbonyl (C=O) groups is 2. The fourth-order valence-corrected chi connectivity index (χ4v) is 2.40. The number of nitro groups is 1. The smallest absolute Gasteiger partial charge is 0.355 e. The normalized spacial score (nSPS) is 15.6. The van der Waals surface area contributed by atoms with Gasteiger partial charge in [0.15, 0.2) is 6.61 Å². The van der Waals surface area contributed by atoms with E-state index < -0.39 is 10.9 Å². The van der Waals surface area contributed by atoms with E-state index in [-0.39, 0.29) is 23.9 Å². The van der Waals surface area contributed by atoms with E-state index in [9.17, 15) is 19.7 Å². The Hall–Kier alpha value is -2.38. The molecule has 0 aromatic carbocycles. The highest BCUT2D eigenvalue weighted by Gasteiger charge is 2.23. The highest BCUT2D eigenvalue weighted by Crippen LogP contribution is 2.17. The van der Waals surface area contributed by atoms with Crippen molar-refractivity contribution in [2.24, 2.45) is 13.0 Å². The zero-order valence-electron chi connectivity index (χ0n) is 12.7. The highest BCUT2D eigenvalue weighted by atomic mass is 16.6. The number of amides is 1. The topological polar surface area (TPSA) is 94.7 Å². The van der Waals surface area contributed by atoms with Gasteiger partial charge in [0.2, 0.25) is 0 Å². The lowest BCUT2D eigenvalue weighted by Gasteiger charge is -2.30. The molecule has 1 aliphatic rings. The number of rotatable bonds is 4. The molecule has 22 heavy (non-hydrogen) atoms. The molecule has 0 atom stereocenters. The van der Waals surface area contributed by atoms with Crippen LogP contribution in [0.5, 0.6) is 0 Å². The number of hydrogen-bond acceptors (Lipinski definition) is 5. The van der Waals surface area contributed by atoms with Crippen molar-refractivity contribution < 1.29 is 19.2 Å². The molecule has 8 nitrogen and oxygen atoms in total. The highest BCUT2D eigenvalue weighted by molar-refractivity contribution is 5.90. The first-order valence-electron chi connectivity index (χ1n) is 7.14. The molecule has 0 spiro atoms. The molecule has 0 aliphatic carbocycles. The first kappa shape index (κ1) is 16.0. The van der Waals surface area contributed by atoms with Gasteiger partial charge in [0.1, 0.15) is 5.69 Å². The minimum Gasteiger partial charge on any atom is -0.451 e. The maximum atomic E-state index is 12.0. The quantitative estimate of drug-likeness (QED) is 0.475. The Labute approximate surface area is 127 Å². The maximum absolute atomic E-state index is 12.0. The van der Waals surface area contributed by atoms with Crippen LogP contribution in [0.15, 0.2) is 12.3 Å². The summed E-state index contributed by atoms with van der Waals surface area (Å²) in [4.78, 5) is 35.6. The van der Waals surface area contributed by atoms with Crippen molar-refractivity contribution in [2.45, 2.75) is 19.8 Å². The summed E-state index contributed by atoms with van der Waals surface area (Å²) in [6.07, 6.45) is 3.12. The van der Waals surface area contributed by atoms with Crippen molar-refractivity contribution in [3.8, 4) is 0 Å². The van der Waals surface area contributed by atoms with E-state index in [4.69, 9.17) is 4.74 Å². The van der Waals surface area contributed by atoms with E-state index >= 15 is 0 Å². The van der Waals surface area contributed by atoms with Gasteiger partial charge in [0.25, 0.3) is 11.6 Å². The Morgan fingerprint density at radius 2 is 2.05 bits per heavy atom. The van der Waals surface area contributed by atoms with E-state index in [1.807, 2.05) is 0 Å². The zero-order chi connectivity index (χ0) is 16.3.